The zero-order valence-electron chi connectivity index (χ0n) is 17.4. The Hall–Kier alpha value is -1.04. The Balaban J connectivity index is 1.45. The summed E-state index contributed by atoms with van der Waals surface area (Å²) in [5.41, 5.74) is 0.808. The van der Waals surface area contributed by atoms with Crippen LogP contribution in [0.1, 0.15) is 76.2 Å². The van der Waals surface area contributed by atoms with Crippen molar-refractivity contribution in [2.24, 2.45) is 11.8 Å². The predicted molar refractivity (Wildman–Crippen MR) is 112 cm³/mol. The highest BCUT2D eigenvalue weighted by Gasteiger charge is 2.34. The van der Waals surface area contributed by atoms with Crippen LogP contribution in [-0.4, -0.2) is 15.2 Å². The first-order valence-corrected chi connectivity index (χ1v) is 13.9. The predicted octanol–water partition coefficient (Wildman–Crippen LogP) is 7.83. The lowest BCUT2D eigenvalue weighted by Gasteiger charge is -2.37. The van der Waals surface area contributed by atoms with Crippen molar-refractivity contribution in [3.8, 4) is 5.75 Å². The van der Waals surface area contributed by atoms with Crippen LogP contribution in [0.2, 0.25) is 18.1 Å². The SMILES string of the molecule is CCCCC[Si@H]1CC[C@H](C2CCC(c3ccc(OC(F)(F)F)c(F)c3)CC2)CC1. The molecule has 6 heteroatoms. The van der Waals surface area contributed by atoms with Crippen LogP contribution in [0.3, 0.4) is 0 Å². The second-order valence-corrected chi connectivity index (χ2v) is 12.6. The molecular formula is C23H34F4OSi. The number of hydrogen-bond donors (Lipinski definition) is 0. The van der Waals surface area contributed by atoms with Gasteiger partial charge in [0.15, 0.2) is 11.6 Å². The number of halogens is 4. The molecule has 0 spiro atoms. The Bertz CT molecular complexity index is 632. The molecular weight excluding hydrogens is 396 g/mol. The maximum absolute atomic E-state index is 14.0. The number of unbranched alkanes of at least 4 members (excludes halogenated alkanes) is 2. The molecule has 1 nitrogen and oxygen atoms in total. The lowest BCUT2D eigenvalue weighted by atomic mass is 9.72. The van der Waals surface area contributed by atoms with Crippen molar-refractivity contribution in [1.82, 2.24) is 0 Å². The molecule has 1 aromatic rings. The van der Waals surface area contributed by atoms with Crippen molar-refractivity contribution < 1.29 is 22.3 Å². The van der Waals surface area contributed by atoms with Gasteiger partial charge in [-0.3, -0.25) is 0 Å². The minimum absolute atomic E-state index is 0.250. The molecule has 1 heterocycles. The van der Waals surface area contributed by atoms with Crippen molar-refractivity contribution in [3.05, 3.63) is 29.6 Å². The third-order valence-electron chi connectivity index (χ3n) is 7.20. The van der Waals surface area contributed by atoms with Gasteiger partial charge in [-0.1, -0.05) is 63.2 Å². The van der Waals surface area contributed by atoms with E-state index in [0.29, 0.717) is 0 Å². The van der Waals surface area contributed by atoms with Gasteiger partial charge in [0.1, 0.15) is 0 Å². The molecule has 1 aliphatic carbocycles. The van der Waals surface area contributed by atoms with Gasteiger partial charge in [0.25, 0.3) is 0 Å². The summed E-state index contributed by atoms with van der Waals surface area (Å²) in [5, 5.41) is 0. The Morgan fingerprint density at radius 1 is 0.966 bits per heavy atom. The highest BCUT2D eigenvalue weighted by Crippen LogP contribution is 2.44. The summed E-state index contributed by atoms with van der Waals surface area (Å²) in [6.07, 6.45) is 6.46. The number of benzene rings is 1. The Labute approximate surface area is 173 Å². The lowest BCUT2D eigenvalue weighted by molar-refractivity contribution is -0.275. The molecule has 2 aliphatic rings. The maximum atomic E-state index is 14.0. The van der Waals surface area contributed by atoms with E-state index < -0.39 is 26.7 Å². The van der Waals surface area contributed by atoms with E-state index in [1.165, 1.54) is 69.1 Å². The standard InChI is InChI=1S/C23H34F4OSi/c1-2-3-4-13-29-14-11-19(12-15-29)17-5-7-18(8-6-17)20-9-10-22(21(24)16-20)28-23(25,26)27/h9-10,16-19,29H,2-8,11-15H2,1H3/t17?,18?,19-,29-. The van der Waals surface area contributed by atoms with Gasteiger partial charge in [-0.05, 0) is 61.1 Å². The molecule has 0 amide bonds. The van der Waals surface area contributed by atoms with E-state index in [9.17, 15) is 17.6 Å². The van der Waals surface area contributed by atoms with E-state index in [1.807, 2.05) is 0 Å². The van der Waals surface area contributed by atoms with Crippen molar-refractivity contribution in [2.45, 2.75) is 95.1 Å². The summed E-state index contributed by atoms with van der Waals surface area (Å²) in [6, 6.07) is 8.52. The summed E-state index contributed by atoms with van der Waals surface area (Å²) in [7, 11) is -0.472. The number of rotatable bonds is 7. The van der Waals surface area contributed by atoms with E-state index in [4.69, 9.17) is 0 Å². The van der Waals surface area contributed by atoms with Gasteiger partial charge < -0.3 is 4.74 Å². The summed E-state index contributed by atoms with van der Waals surface area (Å²) in [4.78, 5) is 0. The Morgan fingerprint density at radius 3 is 2.21 bits per heavy atom. The minimum atomic E-state index is -4.86. The minimum Gasteiger partial charge on any atom is -0.403 e. The highest BCUT2D eigenvalue weighted by atomic mass is 28.3. The van der Waals surface area contributed by atoms with Crippen LogP contribution in [0, 0.1) is 17.7 Å². The van der Waals surface area contributed by atoms with Crippen molar-refractivity contribution in [1.29, 1.82) is 0 Å². The molecule has 0 radical (unpaired) electrons. The summed E-state index contributed by atoms with van der Waals surface area (Å²) < 4.78 is 54.7. The largest absolute Gasteiger partial charge is 0.573 e. The first-order chi connectivity index (χ1) is 13.9. The molecule has 0 unspecified atom stereocenters. The van der Waals surface area contributed by atoms with Crippen LogP contribution in [0.15, 0.2) is 18.2 Å². The lowest BCUT2D eigenvalue weighted by Crippen LogP contribution is -2.28. The quantitative estimate of drug-likeness (QED) is 0.243. The molecule has 0 atom stereocenters. The fourth-order valence-corrected chi connectivity index (χ4v) is 9.06. The maximum Gasteiger partial charge on any atom is 0.573 e. The first kappa shape index (κ1) is 22.6. The normalized spacial score (nSPS) is 28.3. The van der Waals surface area contributed by atoms with Crippen LogP contribution in [0.5, 0.6) is 5.75 Å². The third kappa shape index (κ3) is 6.73. The molecule has 0 N–H and O–H groups in total. The zero-order valence-corrected chi connectivity index (χ0v) is 18.6. The van der Waals surface area contributed by atoms with Crippen molar-refractivity contribution in [2.75, 3.05) is 0 Å². The second kappa shape index (κ2) is 10.3. The fraction of sp³-hybridized carbons (Fsp3) is 0.739. The summed E-state index contributed by atoms with van der Waals surface area (Å²) in [5.74, 6) is 0.239. The van der Waals surface area contributed by atoms with Crippen molar-refractivity contribution >= 4 is 8.80 Å². The van der Waals surface area contributed by atoms with Gasteiger partial charge in [-0.15, -0.1) is 13.2 Å². The number of ether oxygens (including phenoxy) is 1. The van der Waals surface area contributed by atoms with Crippen LogP contribution in [-0.2, 0) is 0 Å². The van der Waals surface area contributed by atoms with Gasteiger partial charge in [-0.2, -0.15) is 0 Å². The molecule has 0 bridgehead atoms. The molecule has 1 aliphatic heterocycles. The van der Waals surface area contributed by atoms with E-state index in [-0.39, 0.29) is 5.92 Å². The summed E-state index contributed by atoms with van der Waals surface area (Å²) in [6.45, 7) is 2.27. The zero-order chi connectivity index (χ0) is 20.9. The molecule has 2 fully saturated rings. The first-order valence-electron chi connectivity index (χ1n) is 11.4. The van der Waals surface area contributed by atoms with E-state index >= 15 is 0 Å². The molecule has 1 saturated heterocycles. The van der Waals surface area contributed by atoms with Gasteiger partial charge >= 0.3 is 6.36 Å². The Kier molecular flexibility index (Phi) is 8.05. The summed E-state index contributed by atoms with van der Waals surface area (Å²) >= 11 is 0. The van der Waals surface area contributed by atoms with Gasteiger partial charge in [0, 0.05) is 8.80 Å². The topological polar surface area (TPSA) is 9.23 Å². The van der Waals surface area contributed by atoms with Gasteiger partial charge in [-0.25, -0.2) is 4.39 Å². The molecule has 164 valence electrons. The third-order valence-corrected chi connectivity index (χ3v) is 10.7. The van der Waals surface area contributed by atoms with Crippen LogP contribution >= 0.6 is 0 Å². The van der Waals surface area contributed by atoms with E-state index in [1.54, 1.807) is 6.07 Å². The van der Waals surface area contributed by atoms with Gasteiger partial charge in [0.05, 0.1) is 0 Å². The smallest absolute Gasteiger partial charge is 0.403 e. The monoisotopic (exact) mass is 430 g/mol. The van der Waals surface area contributed by atoms with Gasteiger partial charge in [0.2, 0.25) is 0 Å². The molecule has 1 aromatic carbocycles. The number of hydrogen-bond acceptors (Lipinski definition) is 1. The van der Waals surface area contributed by atoms with E-state index in [2.05, 4.69) is 11.7 Å². The van der Waals surface area contributed by atoms with Crippen molar-refractivity contribution in [3.63, 3.8) is 0 Å². The number of alkyl halides is 3. The van der Waals surface area contributed by atoms with Crippen LogP contribution in [0.25, 0.3) is 0 Å². The Morgan fingerprint density at radius 2 is 1.62 bits per heavy atom. The molecule has 0 aromatic heterocycles. The second-order valence-electron chi connectivity index (χ2n) is 9.13. The highest BCUT2D eigenvalue weighted by molar-refractivity contribution is 6.58. The average molecular weight is 431 g/mol. The fourth-order valence-electron chi connectivity index (χ4n) is 5.53. The van der Waals surface area contributed by atoms with Crippen LogP contribution in [0.4, 0.5) is 17.6 Å². The average Bonchev–Trinajstić information content (AvgIpc) is 2.69. The van der Waals surface area contributed by atoms with Crippen LogP contribution < -0.4 is 4.74 Å². The molecule has 3 rings (SSSR count). The molecule has 1 saturated carbocycles. The molecule has 29 heavy (non-hydrogen) atoms. The van der Waals surface area contributed by atoms with E-state index in [0.717, 1.165) is 36.3 Å².